The van der Waals surface area contributed by atoms with Crippen molar-refractivity contribution >= 4 is 43.6 Å². The fourth-order valence-electron chi connectivity index (χ4n) is 7.36. The van der Waals surface area contributed by atoms with Crippen LogP contribution in [-0.2, 0) is 0 Å². The van der Waals surface area contributed by atoms with E-state index in [0.717, 1.165) is 66.0 Å². The number of pyridine rings is 1. The van der Waals surface area contributed by atoms with Gasteiger partial charge in [-0.25, -0.2) is 15.0 Å². The molecule has 3 heterocycles. The van der Waals surface area contributed by atoms with Crippen molar-refractivity contribution in [1.29, 1.82) is 0 Å². The smallest absolute Gasteiger partial charge is 0.167 e. The molecule has 0 atom stereocenters. The standard InChI is InChI=1S/C47H30N4O/c1-29-20-23-42-39(26-29)37(24-25-48-42)36-22-21-33(34-16-8-9-17-35(34)36)32-27-40-38-18-10-11-19-43(38)52-44(40)41(28-32)47-50-45(30-12-4-2-5-13-30)49-46(51-47)31-14-6-3-7-15-31/h2-28H,1H3. The molecule has 0 amide bonds. The summed E-state index contributed by atoms with van der Waals surface area (Å²) >= 11 is 0. The van der Waals surface area contributed by atoms with E-state index in [1.165, 1.54) is 22.1 Å². The summed E-state index contributed by atoms with van der Waals surface area (Å²) in [6, 6.07) is 54.5. The molecule has 0 unspecified atom stereocenters. The highest BCUT2D eigenvalue weighted by Gasteiger charge is 2.21. The Hall–Kier alpha value is -6.98. The van der Waals surface area contributed by atoms with Gasteiger partial charge in [-0.15, -0.1) is 0 Å². The number of hydrogen-bond acceptors (Lipinski definition) is 5. The van der Waals surface area contributed by atoms with Crippen LogP contribution in [0.3, 0.4) is 0 Å². The van der Waals surface area contributed by atoms with E-state index in [2.05, 4.69) is 96.8 Å². The van der Waals surface area contributed by atoms with Gasteiger partial charge in [-0.3, -0.25) is 4.98 Å². The number of aryl methyl sites for hydroxylation is 1. The molecule has 0 aliphatic rings. The minimum atomic E-state index is 0.554. The van der Waals surface area contributed by atoms with Crippen LogP contribution in [0.4, 0.5) is 0 Å². The summed E-state index contributed by atoms with van der Waals surface area (Å²) in [6.45, 7) is 2.13. The number of aromatic nitrogens is 4. The van der Waals surface area contributed by atoms with Crippen LogP contribution in [0.25, 0.3) is 100 Å². The van der Waals surface area contributed by atoms with E-state index in [-0.39, 0.29) is 0 Å². The second-order valence-corrected chi connectivity index (χ2v) is 13.1. The highest BCUT2D eigenvalue weighted by molar-refractivity contribution is 6.14. The lowest BCUT2D eigenvalue weighted by Crippen LogP contribution is -2.00. The molecule has 10 rings (SSSR count). The number of nitrogens with zero attached hydrogens (tertiary/aromatic N) is 4. The Morgan fingerprint density at radius 1 is 0.404 bits per heavy atom. The van der Waals surface area contributed by atoms with Gasteiger partial charge >= 0.3 is 0 Å². The summed E-state index contributed by atoms with van der Waals surface area (Å²) in [5, 5.41) is 5.52. The Bertz CT molecular complexity index is 2910. The summed E-state index contributed by atoms with van der Waals surface area (Å²) in [7, 11) is 0. The third-order valence-corrected chi connectivity index (χ3v) is 9.84. The molecule has 244 valence electrons. The largest absolute Gasteiger partial charge is 0.455 e. The molecule has 10 aromatic rings. The van der Waals surface area contributed by atoms with E-state index in [1.54, 1.807) is 0 Å². The van der Waals surface area contributed by atoms with Gasteiger partial charge in [0.1, 0.15) is 11.2 Å². The quantitative estimate of drug-likeness (QED) is 0.183. The van der Waals surface area contributed by atoms with Gasteiger partial charge in [0.2, 0.25) is 0 Å². The fourth-order valence-corrected chi connectivity index (χ4v) is 7.36. The molecule has 0 aliphatic heterocycles. The maximum absolute atomic E-state index is 6.63. The highest BCUT2D eigenvalue weighted by atomic mass is 16.3. The van der Waals surface area contributed by atoms with Gasteiger partial charge in [-0.2, -0.15) is 0 Å². The van der Waals surface area contributed by atoms with Crippen LogP contribution < -0.4 is 0 Å². The van der Waals surface area contributed by atoms with Crippen LogP contribution in [0.5, 0.6) is 0 Å². The van der Waals surface area contributed by atoms with E-state index >= 15 is 0 Å². The maximum Gasteiger partial charge on any atom is 0.167 e. The van der Waals surface area contributed by atoms with Gasteiger partial charge in [0.05, 0.1) is 11.1 Å². The Balaban J connectivity index is 1.24. The topological polar surface area (TPSA) is 64.7 Å². The van der Waals surface area contributed by atoms with Gasteiger partial charge < -0.3 is 4.42 Å². The molecular formula is C47H30N4O. The molecule has 0 saturated carbocycles. The summed E-state index contributed by atoms with van der Waals surface area (Å²) in [4.78, 5) is 19.9. The SMILES string of the molecule is Cc1ccc2nccc(-c3ccc(-c4cc(-c5nc(-c6ccccc6)nc(-c6ccccc6)n5)c5oc6ccccc6c5c4)c4ccccc34)c2c1. The third kappa shape index (κ3) is 5.02. The number of rotatable bonds is 5. The Morgan fingerprint density at radius 2 is 1.00 bits per heavy atom. The van der Waals surface area contributed by atoms with Crippen molar-refractivity contribution in [3.63, 3.8) is 0 Å². The Morgan fingerprint density at radius 3 is 1.73 bits per heavy atom. The molecule has 3 aromatic heterocycles. The lowest BCUT2D eigenvalue weighted by molar-refractivity contribution is 0.669. The molecule has 0 saturated heterocycles. The zero-order valence-corrected chi connectivity index (χ0v) is 28.3. The first-order valence-corrected chi connectivity index (χ1v) is 17.4. The first-order valence-electron chi connectivity index (χ1n) is 17.4. The zero-order chi connectivity index (χ0) is 34.6. The van der Waals surface area contributed by atoms with Gasteiger partial charge in [0.15, 0.2) is 17.5 Å². The molecule has 0 fully saturated rings. The summed E-state index contributed by atoms with van der Waals surface area (Å²) < 4.78 is 6.63. The van der Waals surface area contributed by atoms with E-state index in [4.69, 9.17) is 19.4 Å². The van der Waals surface area contributed by atoms with Crippen LogP contribution in [-0.4, -0.2) is 19.9 Å². The number of fused-ring (bicyclic) bond motifs is 5. The average Bonchev–Trinajstić information content (AvgIpc) is 3.59. The summed E-state index contributed by atoms with van der Waals surface area (Å²) in [5.41, 5.74) is 10.9. The first kappa shape index (κ1) is 29.9. The predicted octanol–water partition coefficient (Wildman–Crippen LogP) is 12.1. The second-order valence-electron chi connectivity index (χ2n) is 13.1. The number of hydrogen-bond donors (Lipinski definition) is 0. The Labute approximate surface area is 299 Å². The lowest BCUT2D eigenvalue weighted by Gasteiger charge is -2.15. The molecule has 0 spiro atoms. The maximum atomic E-state index is 6.63. The summed E-state index contributed by atoms with van der Waals surface area (Å²) in [6.07, 6.45) is 1.90. The number of benzene rings is 7. The first-order chi connectivity index (χ1) is 25.7. The van der Waals surface area contributed by atoms with Crippen LogP contribution in [0.2, 0.25) is 0 Å². The molecule has 5 nitrogen and oxygen atoms in total. The minimum absolute atomic E-state index is 0.554. The zero-order valence-electron chi connectivity index (χ0n) is 28.3. The number of para-hydroxylation sites is 1. The molecule has 0 N–H and O–H groups in total. The third-order valence-electron chi connectivity index (χ3n) is 9.84. The normalized spacial score (nSPS) is 11.6. The number of furan rings is 1. The fraction of sp³-hybridized carbons (Fsp3) is 0.0213. The van der Waals surface area contributed by atoms with Gasteiger partial charge in [-0.05, 0) is 76.3 Å². The van der Waals surface area contributed by atoms with E-state index in [9.17, 15) is 0 Å². The molecular weight excluding hydrogens is 637 g/mol. The van der Waals surface area contributed by atoms with E-state index in [1.807, 2.05) is 79.0 Å². The second kappa shape index (κ2) is 12.1. The van der Waals surface area contributed by atoms with E-state index < -0.39 is 0 Å². The van der Waals surface area contributed by atoms with Crippen molar-refractivity contribution < 1.29 is 4.42 Å². The van der Waals surface area contributed by atoms with Gasteiger partial charge in [-0.1, -0.05) is 127 Å². The van der Waals surface area contributed by atoms with Crippen LogP contribution in [0.1, 0.15) is 5.56 Å². The average molecular weight is 667 g/mol. The molecule has 52 heavy (non-hydrogen) atoms. The van der Waals surface area contributed by atoms with Crippen molar-refractivity contribution in [2.24, 2.45) is 0 Å². The lowest BCUT2D eigenvalue weighted by atomic mass is 9.89. The predicted molar refractivity (Wildman–Crippen MR) is 212 cm³/mol. The summed E-state index contributed by atoms with van der Waals surface area (Å²) in [5.74, 6) is 1.76. The minimum Gasteiger partial charge on any atom is -0.455 e. The van der Waals surface area contributed by atoms with Crippen molar-refractivity contribution in [1.82, 2.24) is 19.9 Å². The van der Waals surface area contributed by atoms with E-state index in [0.29, 0.717) is 17.5 Å². The van der Waals surface area contributed by atoms with Crippen molar-refractivity contribution in [2.75, 3.05) is 0 Å². The highest BCUT2D eigenvalue weighted by Crippen LogP contribution is 2.43. The molecule has 7 aromatic carbocycles. The van der Waals surface area contributed by atoms with Crippen LogP contribution in [0.15, 0.2) is 168 Å². The Kier molecular flexibility index (Phi) is 6.96. The van der Waals surface area contributed by atoms with Crippen LogP contribution in [0, 0.1) is 6.92 Å². The van der Waals surface area contributed by atoms with Crippen molar-refractivity contribution in [2.45, 2.75) is 6.92 Å². The van der Waals surface area contributed by atoms with Gasteiger partial charge in [0, 0.05) is 33.5 Å². The van der Waals surface area contributed by atoms with Gasteiger partial charge in [0.25, 0.3) is 0 Å². The molecule has 0 radical (unpaired) electrons. The monoisotopic (exact) mass is 666 g/mol. The van der Waals surface area contributed by atoms with Crippen molar-refractivity contribution in [3.8, 4) is 56.4 Å². The molecule has 5 heteroatoms. The molecule has 0 aliphatic carbocycles. The van der Waals surface area contributed by atoms with Crippen molar-refractivity contribution in [3.05, 3.63) is 169 Å². The van der Waals surface area contributed by atoms with Crippen LogP contribution >= 0.6 is 0 Å². The molecule has 0 bridgehead atoms.